The van der Waals surface area contributed by atoms with Crippen molar-refractivity contribution in [1.82, 2.24) is 10.3 Å². The molecule has 0 fully saturated rings. The molecular weight excluding hydrogens is 230 g/mol. The number of carbonyl (C=O) groups excluding carboxylic acids is 1. The van der Waals surface area contributed by atoms with Gasteiger partial charge in [0.2, 0.25) is 0 Å². The Morgan fingerprint density at radius 1 is 1.33 bits per heavy atom. The summed E-state index contributed by atoms with van der Waals surface area (Å²) in [5, 5.41) is 12.3. The summed E-state index contributed by atoms with van der Waals surface area (Å²) in [6, 6.07) is 9.85. The molecule has 5 heteroatoms. The lowest BCUT2D eigenvalue weighted by Crippen LogP contribution is -2.23. The smallest absolute Gasteiger partial charge is 0.255 e. The number of benzene rings is 1. The number of phenolic OH excluding ortho intramolecular Hbond substituents is 1. The maximum absolute atomic E-state index is 11.8. The second kappa shape index (κ2) is 5.18. The van der Waals surface area contributed by atoms with Crippen LogP contribution in [-0.2, 0) is 6.54 Å². The predicted octanol–water partition coefficient (Wildman–Crippen LogP) is 1.30. The van der Waals surface area contributed by atoms with Crippen LogP contribution in [-0.4, -0.2) is 16.0 Å². The number of nitrogens with two attached hydrogens (primary N) is 1. The van der Waals surface area contributed by atoms with Crippen LogP contribution in [0.5, 0.6) is 5.75 Å². The van der Waals surface area contributed by atoms with E-state index >= 15 is 0 Å². The van der Waals surface area contributed by atoms with Gasteiger partial charge in [-0.25, -0.2) is 0 Å². The van der Waals surface area contributed by atoms with Crippen LogP contribution in [0.1, 0.15) is 16.1 Å². The number of phenols is 1. The molecule has 0 bridgehead atoms. The maximum atomic E-state index is 11.8. The fourth-order valence-corrected chi connectivity index (χ4v) is 1.51. The van der Waals surface area contributed by atoms with Gasteiger partial charge < -0.3 is 16.2 Å². The van der Waals surface area contributed by atoms with E-state index in [1.54, 1.807) is 18.3 Å². The average Bonchev–Trinajstić information content (AvgIpc) is 2.37. The molecule has 1 amide bonds. The number of hydrogen-bond donors (Lipinski definition) is 3. The summed E-state index contributed by atoms with van der Waals surface area (Å²) in [7, 11) is 0. The molecule has 18 heavy (non-hydrogen) atoms. The van der Waals surface area contributed by atoms with E-state index < -0.39 is 0 Å². The average molecular weight is 243 g/mol. The minimum Gasteiger partial charge on any atom is -0.507 e. The summed E-state index contributed by atoms with van der Waals surface area (Å²) < 4.78 is 0. The number of pyridine rings is 1. The van der Waals surface area contributed by atoms with Gasteiger partial charge in [-0.3, -0.25) is 9.78 Å². The highest BCUT2D eigenvalue weighted by Crippen LogP contribution is 2.19. The van der Waals surface area contributed by atoms with E-state index in [4.69, 9.17) is 5.73 Å². The molecule has 0 radical (unpaired) electrons. The number of carbonyl (C=O) groups is 1. The van der Waals surface area contributed by atoms with Gasteiger partial charge in [0.1, 0.15) is 5.75 Å². The molecule has 1 aromatic carbocycles. The SMILES string of the molecule is Nc1ccc(C(=O)NCc2ccccn2)c(O)c1. The second-order valence-electron chi connectivity index (χ2n) is 3.78. The van der Waals surface area contributed by atoms with Gasteiger partial charge in [-0.1, -0.05) is 6.07 Å². The van der Waals surface area contributed by atoms with Crippen molar-refractivity contribution in [1.29, 1.82) is 0 Å². The maximum Gasteiger partial charge on any atom is 0.255 e. The molecule has 0 aliphatic carbocycles. The first-order valence-electron chi connectivity index (χ1n) is 5.43. The normalized spacial score (nSPS) is 10.0. The van der Waals surface area contributed by atoms with Gasteiger partial charge in [0.15, 0.2) is 0 Å². The topological polar surface area (TPSA) is 88.2 Å². The Bertz CT molecular complexity index is 555. The molecule has 1 heterocycles. The summed E-state index contributed by atoms with van der Waals surface area (Å²) in [6.45, 7) is 0.309. The van der Waals surface area contributed by atoms with E-state index in [2.05, 4.69) is 10.3 Å². The molecule has 0 atom stereocenters. The van der Waals surface area contributed by atoms with Crippen molar-refractivity contribution >= 4 is 11.6 Å². The van der Waals surface area contributed by atoms with Gasteiger partial charge in [0.05, 0.1) is 17.8 Å². The number of aromatic nitrogens is 1. The van der Waals surface area contributed by atoms with E-state index in [0.717, 1.165) is 5.69 Å². The number of amides is 1. The molecule has 2 rings (SSSR count). The van der Waals surface area contributed by atoms with Crippen molar-refractivity contribution in [3.05, 3.63) is 53.9 Å². The quantitative estimate of drug-likeness (QED) is 0.709. The van der Waals surface area contributed by atoms with Crippen LogP contribution in [0.15, 0.2) is 42.6 Å². The highest BCUT2D eigenvalue weighted by atomic mass is 16.3. The lowest BCUT2D eigenvalue weighted by atomic mass is 10.1. The summed E-state index contributed by atoms with van der Waals surface area (Å²) in [6.07, 6.45) is 1.65. The molecule has 5 nitrogen and oxygen atoms in total. The van der Waals surface area contributed by atoms with Crippen LogP contribution in [0, 0.1) is 0 Å². The van der Waals surface area contributed by atoms with E-state index in [1.165, 1.54) is 12.1 Å². The van der Waals surface area contributed by atoms with E-state index in [1.807, 2.05) is 12.1 Å². The first-order chi connectivity index (χ1) is 8.66. The fourth-order valence-electron chi connectivity index (χ4n) is 1.51. The van der Waals surface area contributed by atoms with Crippen LogP contribution < -0.4 is 11.1 Å². The Balaban J connectivity index is 2.04. The van der Waals surface area contributed by atoms with Crippen molar-refractivity contribution in [3.8, 4) is 5.75 Å². The Morgan fingerprint density at radius 3 is 2.83 bits per heavy atom. The first kappa shape index (κ1) is 11.9. The number of nitrogens with one attached hydrogen (secondary N) is 1. The zero-order chi connectivity index (χ0) is 13.0. The van der Waals surface area contributed by atoms with Gasteiger partial charge in [-0.2, -0.15) is 0 Å². The lowest BCUT2D eigenvalue weighted by Gasteiger charge is -2.06. The predicted molar refractivity (Wildman–Crippen MR) is 67.9 cm³/mol. The number of nitrogens with zero attached hydrogens (tertiary/aromatic N) is 1. The monoisotopic (exact) mass is 243 g/mol. The minimum absolute atomic E-state index is 0.131. The number of hydrogen-bond acceptors (Lipinski definition) is 4. The van der Waals surface area contributed by atoms with E-state index in [0.29, 0.717) is 12.2 Å². The van der Waals surface area contributed by atoms with Crippen molar-refractivity contribution in [3.63, 3.8) is 0 Å². The first-order valence-corrected chi connectivity index (χ1v) is 5.43. The summed E-state index contributed by atoms with van der Waals surface area (Å²) >= 11 is 0. The number of anilines is 1. The zero-order valence-electron chi connectivity index (χ0n) is 9.63. The van der Waals surface area contributed by atoms with E-state index in [9.17, 15) is 9.90 Å². The van der Waals surface area contributed by atoms with Crippen molar-refractivity contribution in [2.75, 3.05) is 5.73 Å². The van der Waals surface area contributed by atoms with Crippen LogP contribution in [0.4, 0.5) is 5.69 Å². The third kappa shape index (κ3) is 2.76. The van der Waals surface area contributed by atoms with Crippen LogP contribution in [0.25, 0.3) is 0 Å². The molecule has 0 aliphatic rings. The Morgan fingerprint density at radius 2 is 2.17 bits per heavy atom. The zero-order valence-corrected chi connectivity index (χ0v) is 9.63. The molecule has 0 aliphatic heterocycles. The molecule has 0 unspecified atom stereocenters. The minimum atomic E-state index is -0.363. The number of rotatable bonds is 3. The van der Waals surface area contributed by atoms with E-state index in [-0.39, 0.29) is 17.2 Å². The third-order valence-electron chi connectivity index (χ3n) is 2.42. The van der Waals surface area contributed by atoms with Crippen LogP contribution in [0.2, 0.25) is 0 Å². The van der Waals surface area contributed by atoms with Gasteiger partial charge in [0.25, 0.3) is 5.91 Å². The molecule has 0 saturated heterocycles. The Hall–Kier alpha value is -2.56. The standard InChI is InChI=1S/C13H13N3O2/c14-9-4-5-11(12(17)7-9)13(18)16-8-10-3-1-2-6-15-10/h1-7,17H,8,14H2,(H,16,18). The largest absolute Gasteiger partial charge is 0.507 e. The number of aromatic hydroxyl groups is 1. The highest BCUT2D eigenvalue weighted by molar-refractivity contribution is 5.97. The van der Waals surface area contributed by atoms with Crippen molar-refractivity contribution < 1.29 is 9.90 Å². The van der Waals surface area contributed by atoms with Crippen molar-refractivity contribution in [2.45, 2.75) is 6.54 Å². The summed E-state index contributed by atoms with van der Waals surface area (Å²) in [4.78, 5) is 15.9. The Kier molecular flexibility index (Phi) is 3.43. The molecule has 1 aromatic heterocycles. The fraction of sp³-hybridized carbons (Fsp3) is 0.0769. The Labute approximate surface area is 104 Å². The molecule has 2 aromatic rings. The molecule has 0 spiro atoms. The van der Waals surface area contributed by atoms with Crippen LogP contribution in [0.3, 0.4) is 0 Å². The summed E-state index contributed by atoms with van der Waals surface area (Å²) in [5.41, 5.74) is 6.85. The van der Waals surface area contributed by atoms with Gasteiger partial charge in [0, 0.05) is 18.0 Å². The molecule has 4 N–H and O–H groups in total. The summed E-state index contributed by atoms with van der Waals surface area (Å²) in [5.74, 6) is -0.494. The highest BCUT2D eigenvalue weighted by Gasteiger charge is 2.10. The van der Waals surface area contributed by atoms with Gasteiger partial charge in [-0.15, -0.1) is 0 Å². The van der Waals surface area contributed by atoms with Gasteiger partial charge >= 0.3 is 0 Å². The number of nitrogen functional groups attached to an aromatic ring is 1. The molecule has 0 saturated carbocycles. The lowest BCUT2D eigenvalue weighted by molar-refractivity contribution is 0.0948. The van der Waals surface area contributed by atoms with Gasteiger partial charge in [-0.05, 0) is 24.3 Å². The second-order valence-corrected chi connectivity index (χ2v) is 3.78. The van der Waals surface area contributed by atoms with Crippen LogP contribution >= 0.6 is 0 Å². The van der Waals surface area contributed by atoms with Crippen molar-refractivity contribution in [2.24, 2.45) is 0 Å². The molecular formula is C13H13N3O2. The third-order valence-corrected chi connectivity index (χ3v) is 2.42. The molecule has 92 valence electrons.